The fourth-order valence-corrected chi connectivity index (χ4v) is 4.14. The number of hydrogen-bond donors (Lipinski definition) is 2. The van der Waals surface area contributed by atoms with Crippen LogP contribution in [0.2, 0.25) is 0 Å². The predicted octanol–water partition coefficient (Wildman–Crippen LogP) is 3.23. The maximum Gasteiger partial charge on any atom is 0.303 e. The third-order valence-electron chi connectivity index (χ3n) is 5.38. The number of nitrogens with zero attached hydrogens (tertiary/aromatic N) is 2. The highest BCUT2D eigenvalue weighted by Gasteiger charge is 2.56. The van der Waals surface area contributed by atoms with Gasteiger partial charge in [-0.2, -0.15) is 0 Å². The lowest BCUT2D eigenvalue weighted by Crippen LogP contribution is -2.50. The van der Waals surface area contributed by atoms with E-state index in [-0.39, 0.29) is 12.5 Å². The molecular weight excluding hydrogens is 342 g/mol. The van der Waals surface area contributed by atoms with Crippen LogP contribution in [0.5, 0.6) is 0 Å². The summed E-state index contributed by atoms with van der Waals surface area (Å²) in [7, 11) is 0. The van der Waals surface area contributed by atoms with E-state index < -0.39 is 11.7 Å². The first-order valence-corrected chi connectivity index (χ1v) is 9.01. The summed E-state index contributed by atoms with van der Waals surface area (Å²) in [6, 6.07) is 15.9. The molecule has 2 atom stereocenters. The van der Waals surface area contributed by atoms with Gasteiger partial charge in [0.2, 0.25) is 5.72 Å². The molecule has 2 N–H and O–H groups in total. The Bertz CT molecular complexity index is 1000. The molecule has 27 heavy (non-hydrogen) atoms. The molecule has 6 nitrogen and oxygen atoms in total. The van der Waals surface area contributed by atoms with Crippen molar-refractivity contribution < 1.29 is 14.6 Å². The number of hydrogen-bond acceptors (Lipinski definition) is 5. The van der Waals surface area contributed by atoms with Crippen molar-refractivity contribution in [2.45, 2.75) is 24.6 Å². The number of nitrogens with one attached hydrogen (secondary N) is 1. The zero-order valence-electron chi connectivity index (χ0n) is 14.7. The molecule has 0 aromatic heterocycles. The van der Waals surface area contributed by atoms with Gasteiger partial charge in [-0.15, -0.1) is 0 Å². The van der Waals surface area contributed by atoms with Crippen LogP contribution in [-0.4, -0.2) is 29.6 Å². The van der Waals surface area contributed by atoms with Gasteiger partial charge in [0.05, 0.1) is 18.0 Å². The summed E-state index contributed by atoms with van der Waals surface area (Å²) in [5.74, 6) is -0.0614. The lowest BCUT2D eigenvalue weighted by Gasteiger charge is -2.32. The number of carboxylic acid groups (broad SMARTS) is 1. The molecule has 6 heteroatoms. The Morgan fingerprint density at radius 2 is 2.07 bits per heavy atom. The van der Waals surface area contributed by atoms with Gasteiger partial charge in [0.1, 0.15) is 0 Å². The standard InChI is InChI=1S/C21H19N3O3/c1-13-15-6-2-4-8-17(15)22-20-21(16-7-3-5-9-18(16)24(13)20)23-14(12-27-21)10-11-19(25)26/h2-9,14,23H,1,10-12H2,(H,25,26). The summed E-state index contributed by atoms with van der Waals surface area (Å²) in [5.41, 5.74) is 3.81. The smallest absolute Gasteiger partial charge is 0.303 e. The zero-order chi connectivity index (χ0) is 18.6. The summed E-state index contributed by atoms with van der Waals surface area (Å²) in [5, 5.41) is 12.5. The van der Waals surface area contributed by atoms with Crippen molar-refractivity contribution in [3.05, 3.63) is 66.2 Å². The van der Waals surface area contributed by atoms with E-state index in [1.807, 2.05) is 53.4 Å². The number of aliphatic carboxylic acids is 1. The second-order valence-electron chi connectivity index (χ2n) is 7.02. The molecule has 2 unspecified atom stereocenters. The Balaban J connectivity index is 1.63. The Morgan fingerprint density at radius 3 is 2.93 bits per heavy atom. The van der Waals surface area contributed by atoms with Crippen LogP contribution in [0.3, 0.4) is 0 Å². The summed E-state index contributed by atoms with van der Waals surface area (Å²) < 4.78 is 6.29. The van der Waals surface area contributed by atoms with E-state index in [4.69, 9.17) is 14.8 Å². The van der Waals surface area contributed by atoms with Crippen LogP contribution in [0.15, 0.2) is 60.1 Å². The minimum absolute atomic E-state index is 0.0535. The highest BCUT2D eigenvalue weighted by molar-refractivity contribution is 6.21. The molecular formula is C21H19N3O3. The van der Waals surface area contributed by atoms with Crippen LogP contribution in [0, 0.1) is 0 Å². The number of carbonyl (C=O) groups is 1. The third-order valence-corrected chi connectivity index (χ3v) is 5.38. The number of benzene rings is 2. The first-order valence-electron chi connectivity index (χ1n) is 9.01. The SMILES string of the molecule is C=C1c2ccccc2N=C2N1c1ccccc1C21NC(CCC(=O)O)CO1. The quantitative estimate of drug-likeness (QED) is 0.878. The van der Waals surface area contributed by atoms with Crippen LogP contribution >= 0.6 is 0 Å². The normalized spacial score (nSPS) is 25.2. The summed E-state index contributed by atoms with van der Waals surface area (Å²) in [6.45, 7) is 4.75. The molecule has 1 spiro atoms. The molecule has 3 heterocycles. The Labute approximate surface area is 156 Å². The van der Waals surface area contributed by atoms with Gasteiger partial charge in [0.15, 0.2) is 5.84 Å². The first-order chi connectivity index (χ1) is 13.1. The van der Waals surface area contributed by atoms with Crippen molar-refractivity contribution in [1.29, 1.82) is 0 Å². The van der Waals surface area contributed by atoms with E-state index in [1.54, 1.807) is 0 Å². The molecule has 5 rings (SSSR count). The largest absolute Gasteiger partial charge is 0.481 e. The van der Waals surface area contributed by atoms with Crippen LogP contribution < -0.4 is 10.2 Å². The molecule has 0 radical (unpaired) electrons. The Hall–Kier alpha value is -2.96. The lowest BCUT2D eigenvalue weighted by molar-refractivity contribution is -0.137. The van der Waals surface area contributed by atoms with Crippen molar-refractivity contribution >= 4 is 28.9 Å². The van der Waals surface area contributed by atoms with E-state index in [1.165, 1.54) is 0 Å². The molecule has 2 aromatic rings. The number of para-hydroxylation sites is 2. The van der Waals surface area contributed by atoms with Gasteiger partial charge in [-0.1, -0.05) is 43.0 Å². The van der Waals surface area contributed by atoms with Crippen molar-refractivity contribution in [3.8, 4) is 0 Å². The molecule has 1 saturated heterocycles. The van der Waals surface area contributed by atoms with Crippen LogP contribution in [0.4, 0.5) is 11.4 Å². The number of anilines is 1. The van der Waals surface area contributed by atoms with Crippen LogP contribution in [0.25, 0.3) is 5.70 Å². The van der Waals surface area contributed by atoms with E-state index >= 15 is 0 Å². The van der Waals surface area contributed by atoms with E-state index in [2.05, 4.69) is 11.9 Å². The minimum atomic E-state index is -0.879. The first kappa shape index (κ1) is 16.2. The van der Waals surface area contributed by atoms with Gasteiger partial charge in [-0.25, -0.2) is 4.99 Å². The van der Waals surface area contributed by atoms with Gasteiger partial charge in [0, 0.05) is 29.3 Å². The second kappa shape index (κ2) is 5.77. The average Bonchev–Trinajstić information content (AvgIpc) is 3.22. The zero-order valence-corrected chi connectivity index (χ0v) is 14.7. The second-order valence-corrected chi connectivity index (χ2v) is 7.02. The van der Waals surface area contributed by atoms with E-state index in [9.17, 15) is 4.79 Å². The number of rotatable bonds is 3. The highest BCUT2D eigenvalue weighted by Crippen LogP contribution is 2.50. The maximum atomic E-state index is 11.0. The number of aliphatic imine (C=N–C) groups is 1. The van der Waals surface area contributed by atoms with Crippen molar-refractivity contribution in [3.63, 3.8) is 0 Å². The Kier molecular flexibility index (Phi) is 3.47. The molecule has 1 fully saturated rings. The van der Waals surface area contributed by atoms with E-state index in [0.717, 1.165) is 34.0 Å². The fourth-order valence-electron chi connectivity index (χ4n) is 4.14. The van der Waals surface area contributed by atoms with E-state index in [0.29, 0.717) is 13.0 Å². The maximum absolute atomic E-state index is 11.0. The number of ether oxygens (including phenoxy) is 1. The van der Waals surface area contributed by atoms with Crippen molar-refractivity contribution in [1.82, 2.24) is 5.32 Å². The third kappa shape index (κ3) is 2.27. The van der Waals surface area contributed by atoms with Crippen molar-refractivity contribution in [2.24, 2.45) is 4.99 Å². The fraction of sp³-hybridized carbons (Fsp3) is 0.238. The summed E-state index contributed by atoms with van der Waals surface area (Å²) in [4.78, 5) is 17.9. The Morgan fingerprint density at radius 1 is 1.30 bits per heavy atom. The van der Waals surface area contributed by atoms with Gasteiger partial charge < -0.3 is 9.84 Å². The summed E-state index contributed by atoms with van der Waals surface area (Å²) in [6.07, 6.45) is 0.606. The molecule has 0 saturated carbocycles. The molecule has 3 aliphatic rings. The molecule has 2 aromatic carbocycles. The molecule has 0 bridgehead atoms. The summed E-state index contributed by atoms with van der Waals surface area (Å²) >= 11 is 0. The number of fused-ring (bicyclic) bond motifs is 6. The molecule has 136 valence electrons. The minimum Gasteiger partial charge on any atom is -0.481 e. The average molecular weight is 361 g/mol. The monoisotopic (exact) mass is 361 g/mol. The van der Waals surface area contributed by atoms with Crippen molar-refractivity contribution in [2.75, 3.05) is 11.5 Å². The van der Waals surface area contributed by atoms with Crippen LogP contribution in [0.1, 0.15) is 24.0 Å². The highest BCUT2D eigenvalue weighted by atomic mass is 16.5. The van der Waals surface area contributed by atoms with Gasteiger partial charge in [0.25, 0.3) is 0 Å². The van der Waals surface area contributed by atoms with Gasteiger partial charge in [-0.05, 0) is 18.6 Å². The van der Waals surface area contributed by atoms with Gasteiger partial charge >= 0.3 is 5.97 Å². The lowest BCUT2D eigenvalue weighted by atomic mass is 10.0. The molecule has 0 amide bonds. The number of carboxylic acids is 1. The topological polar surface area (TPSA) is 74.2 Å². The van der Waals surface area contributed by atoms with Crippen LogP contribution in [-0.2, 0) is 15.3 Å². The number of amidine groups is 1. The molecule has 0 aliphatic carbocycles. The predicted molar refractivity (Wildman–Crippen MR) is 103 cm³/mol. The molecule has 3 aliphatic heterocycles. The van der Waals surface area contributed by atoms with Gasteiger partial charge in [-0.3, -0.25) is 15.0 Å².